The molecule has 17 heavy (non-hydrogen) atoms. The first-order valence-electron chi connectivity index (χ1n) is 5.03. The molecule has 0 radical (unpaired) electrons. The van der Waals surface area contributed by atoms with Gasteiger partial charge in [0.25, 0.3) is 0 Å². The molecular formula is C12H11ClN2OS. The summed E-state index contributed by atoms with van der Waals surface area (Å²) in [7, 11) is 0. The molecule has 1 aromatic heterocycles. The first kappa shape index (κ1) is 12.0. The number of amides is 1. The Balaban J connectivity index is 1.97. The summed E-state index contributed by atoms with van der Waals surface area (Å²) < 4.78 is 0.783. The molecule has 3 nitrogen and oxygen atoms in total. The van der Waals surface area contributed by atoms with Crippen LogP contribution >= 0.6 is 22.9 Å². The fourth-order valence-corrected chi connectivity index (χ4v) is 2.42. The van der Waals surface area contributed by atoms with E-state index in [4.69, 9.17) is 17.3 Å². The maximum Gasteiger partial charge on any atom is 0.248 e. The molecule has 0 spiro atoms. The van der Waals surface area contributed by atoms with Gasteiger partial charge in [-0.1, -0.05) is 11.6 Å². The Hall–Kier alpha value is -1.52. The summed E-state index contributed by atoms with van der Waals surface area (Å²) in [6.07, 6.45) is 0. The molecule has 1 aromatic carbocycles. The number of rotatable bonds is 4. The Morgan fingerprint density at radius 1 is 1.24 bits per heavy atom. The SMILES string of the molecule is NC(=O)c1ccc(NCc2ccc(Cl)s2)cc1. The van der Waals surface area contributed by atoms with Gasteiger partial charge in [-0.3, -0.25) is 4.79 Å². The maximum absolute atomic E-state index is 10.9. The zero-order valence-corrected chi connectivity index (χ0v) is 10.5. The van der Waals surface area contributed by atoms with Crippen LogP contribution in [0.5, 0.6) is 0 Å². The second-order valence-electron chi connectivity index (χ2n) is 3.50. The van der Waals surface area contributed by atoms with E-state index in [2.05, 4.69) is 5.32 Å². The molecular weight excluding hydrogens is 256 g/mol. The van der Waals surface area contributed by atoms with Crippen molar-refractivity contribution < 1.29 is 4.79 Å². The summed E-state index contributed by atoms with van der Waals surface area (Å²) in [6.45, 7) is 0.716. The van der Waals surface area contributed by atoms with E-state index < -0.39 is 5.91 Å². The fraction of sp³-hybridized carbons (Fsp3) is 0.0833. The molecule has 0 unspecified atom stereocenters. The molecule has 1 amide bonds. The largest absolute Gasteiger partial charge is 0.380 e. The van der Waals surface area contributed by atoms with Crippen LogP contribution in [0.2, 0.25) is 4.34 Å². The summed E-state index contributed by atoms with van der Waals surface area (Å²) in [5.74, 6) is -0.415. The first-order chi connectivity index (χ1) is 8.15. The van der Waals surface area contributed by atoms with Crippen molar-refractivity contribution in [2.75, 3.05) is 5.32 Å². The Bertz CT molecular complexity index is 522. The van der Waals surface area contributed by atoms with Gasteiger partial charge in [0.15, 0.2) is 0 Å². The maximum atomic E-state index is 10.9. The quantitative estimate of drug-likeness (QED) is 0.893. The highest BCUT2D eigenvalue weighted by Gasteiger charge is 2.00. The molecule has 0 saturated heterocycles. The van der Waals surface area contributed by atoms with Crippen LogP contribution in [0.15, 0.2) is 36.4 Å². The van der Waals surface area contributed by atoms with Crippen LogP contribution in [0, 0.1) is 0 Å². The number of primary amides is 1. The highest BCUT2D eigenvalue weighted by molar-refractivity contribution is 7.16. The Morgan fingerprint density at radius 2 is 1.94 bits per heavy atom. The Kier molecular flexibility index (Phi) is 3.66. The molecule has 5 heteroatoms. The molecule has 0 aliphatic carbocycles. The average Bonchev–Trinajstić information content (AvgIpc) is 2.73. The lowest BCUT2D eigenvalue weighted by atomic mass is 10.2. The molecule has 0 aliphatic rings. The van der Waals surface area contributed by atoms with Gasteiger partial charge < -0.3 is 11.1 Å². The highest BCUT2D eigenvalue weighted by atomic mass is 35.5. The highest BCUT2D eigenvalue weighted by Crippen LogP contribution is 2.22. The number of thiophene rings is 1. The third-order valence-electron chi connectivity index (χ3n) is 2.27. The van der Waals surface area contributed by atoms with E-state index in [-0.39, 0.29) is 0 Å². The van der Waals surface area contributed by atoms with Gasteiger partial charge in [-0.15, -0.1) is 11.3 Å². The van der Waals surface area contributed by atoms with Crippen molar-refractivity contribution in [3.05, 3.63) is 51.2 Å². The van der Waals surface area contributed by atoms with Crippen LogP contribution in [-0.4, -0.2) is 5.91 Å². The third kappa shape index (κ3) is 3.22. The van der Waals surface area contributed by atoms with Crippen molar-refractivity contribution in [1.29, 1.82) is 0 Å². The second-order valence-corrected chi connectivity index (χ2v) is 5.30. The van der Waals surface area contributed by atoms with Gasteiger partial charge in [-0.05, 0) is 36.4 Å². The number of hydrogen-bond donors (Lipinski definition) is 2. The van der Waals surface area contributed by atoms with Crippen molar-refractivity contribution in [2.24, 2.45) is 5.73 Å². The number of halogens is 1. The van der Waals surface area contributed by atoms with Gasteiger partial charge in [-0.25, -0.2) is 0 Å². The van der Waals surface area contributed by atoms with Gasteiger partial charge in [0.1, 0.15) is 0 Å². The fourth-order valence-electron chi connectivity index (χ4n) is 1.39. The Labute approximate surface area is 108 Å². The third-order valence-corrected chi connectivity index (χ3v) is 3.50. The normalized spacial score (nSPS) is 10.2. The van der Waals surface area contributed by atoms with Crippen LogP contribution in [-0.2, 0) is 6.54 Å². The lowest BCUT2D eigenvalue weighted by molar-refractivity contribution is 0.100. The predicted octanol–water partition coefficient (Wildman–Crippen LogP) is 3.11. The summed E-state index contributed by atoms with van der Waals surface area (Å²) in [5, 5.41) is 3.24. The van der Waals surface area contributed by atoms with Crippen LogP contribution in [0.25, 0.3) is 0 Å². The van der Waals surface area contributed by atoms with Crippen LogP contribution < -0.4 is 11.1 Å². The summed E-state index contributed by atoms with van der Waals surface area (Å²) in [4.78, 5) is 12.0. The molecule has 0 bridgehead atoms. The number of anilines is 1. The number of carbonyl (C=O) groups is 1. The summed E-state index contributed by atoms with van der Waals surface area (Å²) >= 11 is 7.38. The van der Waals surface area contributed by atoms with E-state index in [1.54, 1.807) is 23.5 Å². The second kappa shape index (κ2) is 5.21. The van der Waals surface area contributed by atoms with Crippen LogP contribution in [0.4, 0.5) is 5.69 Å². The van der Waals surface area contributed by atoms with Gasteiger partial charge in [0, 0.05) is 22.7 Å². The van der Waals surface area contributed by atoms with Crippen molar-refractivity contribution >= 4 is 34.5 Å². The molecule has 0 atom stereocenters. The first-order valence-corrected chi connectivity index (χ1v) is 6.22. The molecule has 1 heterocycles. The van der Waals surface area contributed by atoms with Crippen LogP contribution in [0.3, 0.4) is 0 Å². The van der Waals surface area contributed by atoms with Gasteiger partial charge in [0.2, 0.25) is 5.91 Å². The van der Waals surface area contributed by atoms with Crippen molar-refractivity contribution in [2.45, 2.75) is 6.54 Å². The summed E-state index contributed by atoms with van der Waals surface area (Å²) in [5.41, 5.74) is 6.61. The van der Waals surface area contributed by atoms with Crippen molar-refractivity contribution in [3.63, 3.8) is 0 Å². The van der Waals surface area contributed by atoms with Gasteiger partial charge in [-0.2, -0.15) is 0 Å². The van der Waals surface area contributed by atoms with E-state index in [0.717, 1.165) is 14.9 Å². The minimum Gasteiger partial charge on any atom is -0.380 e. The average molecular weight is 267 g/mol. The number of carbonyl (C=O) groups excluding carboxylic acids is 1. The molecule has 88 valence electrons. The summed E-state index contributed by atoms with van der Waals surface area (Å²) in [6, 6.07) is 10.9. The van der Waals surface area contributed by atoms with E-state index in [9.17, 15) is 4.79 Å². The number of nitrogens with one attached hydrogen (secondary N) is 1. The molecule has 2 rings (SSSR count). The van der Waals surface area contributed by atoms with E-state index in [0.29, 0.717) is 12.1 Å². The molecule has 3 N–H and O–H groups in total. The standard InChI is InChI=1S/C12H11ClN2OS/c13-11-6-5-10(17-11)7-15-9-3-1-8(2-4-9)12(14)16/h1-6,15H,7H2,(H2,14,16). The zero-order valence-electron chi connectivity index (χ0n) is 8.94. The smallest absolute Gasteiger partial charge is 0.248 e. The minimum atomic E-state index is -0.415. The van der Waals surface area contributed by atoms with E-state index in [1.807, 2.05) is 24.3 Å². The van der Waals surface area contributed by atoms with Crippen molar-refractivity contribution in [1.82, 2.24) is 0 Å². The number of benzene rings is 1. The van der Waals surface area contributed by atoms with E-state index in [1.165, 1.54) is 0 Å². The molecule has 0 aliphatic heterocycles. The zero-order chi connectivity index (χ0) is 12.3. The number of nitrogens with two attached hydrogens (primary N) is 1. The molecule has 0 saturated carbocycles. The molecule has 2 aromatic rings. The lowest BCUT2D eigenvalue weighted by Crippen LogP contribution is -2.10. The predicted molar refractivity (Wildman–Crippen MR) is 71.6 cm³/mol. The van der Waals surface area contributed by atoms with Crippen molar-refractivity contribution in [3.8, 4) is 0 Å². The van der Waals surface area contributed by atoms with Gasteiger partial charge in [0.05, 0.1) is 4.34 Å². The van der Waals surface area contributed by atoms with E-state index >= 15 is 0 Å². The number of hydrogen-bond acceptors (Lipinski definition) is 3. The molecule has 0 fully saturated rings. The van der Waals surface area contributed by atoms with Crippen LogP contribution in [0.1, 0.15) is 15.2 Å². The lowest BCUT2D eigenvalue weighted by Gasteiger charge is -2.05. The topological polar surface area (TPSA) is 55.1 Å². The Morgan fingerprint density at radius 3 is 2.47 bits per heavy atom. The monoisotopic (exact) mass is 266 g/mol. The van der Waals surface area contributed by atoms with Gasteiger partial charge >= 0.3 is 0 Å². The minimum absolute atomic E-state index is 0.415.